The molecule has 0 unspecified atom stereocenters. The van der Waals surface area contributed by atoms with Crippen molar-refractivity contribution in [1.29, 1.82) is 0 Å². The largest absolute Gasteiger partial charge is 0.361 e. The molecule has 0 aromatic carbocycles. The molecule has 0 N–H and O–H groups in total. The lowest BCUT2D eigenvalue weighted by molar-refractivity contribution is 0.392. The molecule has 0 aliphatic heterocycles. The molecule has 0 aliphatic rings. The van der Waals surface area contributed by atoms with Gasteiger partial charge in [-0.2, -0.15) is 5.10 Å². The first-order chi connectivity index (χ1) is 9.82. The van der Waals surface area contributed by atoms with Crippen LogP contribution in [0.5, 0.6) is 0 Å². The molecule has 0 aliphatic carbocycles. The molecule has 0 saturated carbocycles. The van der Waals surface area contributed by atoms with Crippen LogP contribution in [0.3, 0.4) is 0 Å². The van der Waals surface area contributed by atoms with Gasteiger partial charge in [-0.25, -0.2) is 0 Å². The van der Waals surface area contributed by atoms with E-state index in [-0.39, 0.29) is 0 Å². The summed E-state index contributed by atoms with van der Waals surface area (Å²) in [5.41, 5.74) is 3.57. The highest BCUT2D eigenvalue weighted by Crippen LogP contribution is 2.21. The molecule has 0 atom stereocenters. The average Bonchev–Trinajstić information content (AvgIpc) is 2.99. The van der Waals surface area contributed by atoms with Crippen molar-refractivity contribution < 1.29 is 4.52 Å². The lowest BCUT2D eigenvalue weighted by atomic mass is 10.0. The summed E-state index contributed by atoms with van der Waals surface area (Å²) in [4.78, 5) is 0. The van der Waals surface area contributed by atoms with Crippen LogP contribution in [-0.2, 0) is 7.05 Å². The maximum Gasteiger partial charge on any atom is 0.137 e. The number of hydrogen-bond acceptors (Lipinski definition) is 3. The minimum absolute atomic E-state index is 0.520. The maximum atomic E-state index is 5.01. The van der Waals surface area contributed by atoms with Gasteiger partial charge in [0.05, 0.1) is 11.9 Å². The summed E-state index contributed by atoms with van der Waals surface area (Å²) in [7, 11) is 1.94. The third-order valence-electron chi connectivity index (χ3n) is 3.06. The van der Waals surface area contributed by atoms with Crippen LogP contribution in [0.25, 0.3) is 0 Å². The second-order valence-corrected chi connectivity index (χ2v) is 5.49. The minimum atomic E-state index is 0.520. The van der Waals surface area contributed by atoms with E-state index in [2.05, 4.69) is 38.0 Å². The number of rotatable bonds is 2. The summed E-state index contributed by atoms with van der Waals surface area (Å²) in [6.45, 7) is 16.5. The van der Waals surface area contributed by atoms with Gasteiger partial charge < -0.3 is 4.52 Å². The van der Waals surface area contributed by atoms with Crippen LogP contribution in [0, 0.1) is 13.8 Å². The van der Waals surface area contributed by atoms with Crippen molar-refractivity contribution in [2.75, 3.05) is 0 Å². The molecule has 0 bridgehead atoms. The van der Waals surface area contributed by atoms with Crippen LogP contribution in [0.4, 0.5) is 0 Å². The van der Waals surface area contributed by atoms with Crippen molar-refractivity contribution >= 4 is 0 Å². The van der Waals surface area contributed by atoms with Crippen LogP contribution in [0.1, 0.15) is 76.0 Å². The van der Waals surface area contributed by atoms with E-state index < -0.39 is 0 Å². The molecule has 21 heavy (non-hydrogen) atoms. The van der Waals surface area contributed by atoms with E-state index in [0.29, 0.717) is 11.8 Å². The van der Waals surface area contributed by atoms with E-state index in [1.165, 1.54) is 11.1 Å². The highest BCUT2D eigenvalue weighted by molar-refractivity contribution is 5.23. The minimum Gasteiger partial charge on any atom is -0.361 e. The van der Waals surface area contributed by atoms with Gasteiger partial charge in [0, 0.05) is 18.8 Å². The molecule has 0 spiro atoms. The van der Waals surface area contributed by atoms with Gasteiger partial charge in [-0.3, -0.25) is 4.68 Å². The predicted octanol–water partition coefficient (Wildman–Crippen LogP) is 4.98. The van der Waals surface area contributed by atoms with Crippen LogP contribution >= 0.6 is 0 Å². The summed E-state index contributed by atoms with van der Waals surface area (Å²) in [5.74, 6) is 2.07. The maximum absolute atomic E-state index is 5.01. The molecule has 0 amide bonds. The monoisotopic (exact) mass is 293 g/mol. The van der Waals surface area contributed by atoms with Crippen molar-refractivity contribution in [3.63, 3.8) is 0 Å². The zero-order chi connectivity index (χ0) is 16.6. The first-order valence-electron chi connectivity index (χ1n) is 7.74. The molecular weight excluding hydrogens is 262 g/mol. The Bertz CT molecular complexity index is 490. The summed E-state index contributed by atoms with van der Waals surface area (Å²) in [6, 6.07) is 0. The lowest BCUT2D eigenvalue weighted by Gasteiger charge is -2.00. The van der Waals surface area contributed by atoms with Crippen LogP contribution in [-0.4, -0.2) is 14.9 Å². The molecule has 2 aromatic heterocycles. The Balaban J connectivity index is 0.000000342. The highest BCUT2D eigenvalue weighted by atomic mass is 16.5. The molecule has 4 heteroatoms. The van der Waals surface area contributed by atoms with Crippen LogP contribution in [0.2, 0.25) is 0 Å². The van der Waals surface area contributed by atoms with E-state index in [1.807, 2.05) is 51.8 Å². The van der Waals surface area contributed by atoms with Crippen molar-refractivity contribution in [2.45, 2.75) is 67.2 Å². The zero-order valence-corrected chi connectivity index (χ0v) is 15.1. The third-order valence-corrected chi connectivity index (χ3v) is 3.06. The van der Waals surface area contributed by atoms with E-state index in [0.717, 1.165) is 11.5 Å². The topological polar surface area (TPSA) is 43.9 Å². The molecule has 120 valence electrons. The Hall–Kier alpha value is -1.58. The fraction of sp³-hybridized carbons (Fsp3) is 0.647. The van der Waals surface area contributed by atoms with Gasteiger partial charge in [0.15, 0.2) is 0 Å². The quantitative estimate of drug-likeness (QED) is 0.784. The van der Waals surface area contributed by atoms with Gasteiger partial charge in [0.1, 0.15) is 5.76 Å². The highest BCUT2D eigenvalue weighted by Gasteiger charge is 2.11. The lowest BCUT2D eigenvalue weighted by Crippen LogP contribution is -1.89. The Kier molecular flexibility index (Phi) is 8.67. The van der Waals surface area contributed by atoms with Crippen molar-refractivity contribution in [1.82, 2.24) is 14.9 Å². The van der Waals surface area contributed by atoms with Crippen molar-refractivity contribution in [2.24, 2.45) is 7.05 Å². The van der Waals surface area contributed by atoms with Gasteiger partial charge in [-0.15, -0.1) is 0 Å². The smallest absolute Gasteiger partial charge is 0.137 e. The van der Waals surface area contributed by atoms with Gasteiger partial charge in [-0.1, -0.05) is 46.7 Å². The fourth-order valence-corrected chi connectivity index (χ4v) is 2.05. The second-order valence-electron chi connectivity index (χ2n) is 5.49. The number of hydrogen-bond donors (Lipinski definition) is 0. The van der Waals surface area contributed by atoms with Gasteiger partial charge >= 0.3 is 0 Å². The molecule has 2 heterocycles. The predicted molar refractivity (Wildman–Crippen MR) is 88.7 cm³/mol. The molecule has 0 fully saturated rings. The number of aromatic nitrogens is 3. The molecule has 0 saturated heterocycles. The SMILES string of the molecule is CC.CC(C)c1cnn(C)c1.Cc1noc(C)c1C(C)C. The Morgan fingerprint density at radius 3 is 1.81 bits per heavy atom. The van der Waals surface area contributed by atoms with Crippen LogP contribution in [0.15, 0.2) is 16.9 Å². The van der Waals surface area contributed by atoms with Crippen LogP contribution < -0.4 is 0 Å². The zero-order valence-electron chi connectivity index (χ0n) is 15.1. The Labute approximate surface area is 129 Å². The first-order valence-corrected chi connectivity index (χ1v) is 7.74. The van der Waals surface area contributed by atoms with Gasteiger partial charge in [0.25, 0.3) is 0 Å². The van der Waals surface area contributed by atoms with E-state index in [4.69, 9.17) is 4.52 Å². The summed E-state index contributed by atoms with van der Waals surface area (Å²) >= 11 is 0. The standard InChI is InChI=1S/C8H13NO.C7H12N2.C2H6/c1-5(2)8-6(3)9-10-7(8)4;1-6(2)7-4-8-9(3)5-7;1-2/h5H,1-4H3;4-6H,1-3H3;1-2H3. The molecule has 2 aromatic rings. The van der Waals surface area contributed by atoms with Gasteiger partial charge in [-0.05, 0) is 31.2 Å². The van der Waals surface area contributed by atoms with Gasteiger partial charge in [0.2, 0.25) is 0 Å². The fourth-order valence-electron chi connectivity index (χ4n) is 2.05. The Morgan fingerprint density at radius 1 is 1.05 bits per heavy atom. The molecule has 4 nitrogen and oxygen atoms in total. The van der Waals surface area contributed by atoms with Crippen molar-refractivity contribution in [3.8, 4) is 0 Å². The normalized spacial score (nSPS) is 10.0. The number of aryl methyl sites for hydroxylation is 3. The second kappa shape index (κ2) is 9.37. The Morgan fingerprint density at radius 2 is 1.62 bits per heavy atom. The van der Waals surface area contributed by atoms with E-state index >= 15 is 0 Å². The summed E-state index contributed by atoms with van der Waals surface area (Å²) < 4.78 is 6.84. The molecular formula is C17H31N3O. The van der Waals surface area contributed by atoms with E-state index in [9.17, 15) is 0 Å². The first kappa shape index (κ1) is 19.4. The van der Waals surface area contributed by atoms with Crippen molar-refractivity contribution in [3.05, 3.63) is 35.0 Å². The number of nitrogens with zero attached hydrogens (tertiary/aromatic N) is 3. The van der Waals surface area contributed by atoms with E-state index in [1.54, 1.807) is 0 Å². The average molecular weight is 293 g/mol. The summed E-state index contributed by atoms with van der Waals surface area (Å²) in [6.07, 6.45) is 3.95. The molecule has 0 radical (unpaired) electrons. The molecule has 2 rings (SSSR count). The summed E-state index contributed by atoms with van der Waals surface area (Å²) in [5, 5.41) is 7.92. The third kappa shape index (κ3) is 6.15.